The Balaban J connectivity index is 1.61. The molecule has 4 aromatic rings. The fourth-order valence-electron chi connectivity index (χ4n) is 5.16. The fraction of sp³-hybridized carbons (Fsp3) is 0.276. The smallest absolute Gasteiger partial charge is 0.137 e. The van der Waals surface area contributed by atoms with Crippen LogP contribution in [-0.4, -0.2) is 52.2 Å². The highest BCUT2D eigenvalue weighted by Gasteiger charge is 2.38. The Labute approximate surface area is 209 Å². The van der Waals surface area contributed by atoms with Crippen LogP contribution >= 0.6 is 0 Å². The number of H-pyrrole nitrogens is 1. The maximum absolute atomic E-state index is 13.9. The number of aryl methyl sites for hydroxylation is 1. The van der Waals surface area contributed by atoms with Crippen molar-refractivity contribution < 1.29 is 13.9 Å². The Hall–Kier alpha value is -3.39. The van der Waals surface area contributed by atoms with Gasteiger partial charge in [0.1, 0.15) is 23.6 Å². The summed E-state index contributed by atoms with van der Waals surface area (Å²) >= 11 is 0. The van der Waals surface area contributed by atoms with Crippen LogP contribution < -0.4 is 5.32 Å². The van der Waals surface area contributed by atoms with Gasteiger partial charge in [0.15, 0.2) is 0 Å². The summed E-state index contributed by atoms with van der Waals surface area (Å²) in [5.74, 6) is -0.296. The molecule has 2 atom stereocenters. The molecule has 1 fully saturated rings. The van der Waals surface area contributed by atoms with Crippen molar-refractivity contribution in [2.24, 2.45) is 0 Å². The Bertz CT molecular complexity index is 1220. The maximum atomic E-state index is 13.9. The van der Waals surface area contributed by atoms with Gasteiger partial charge in [-0.25, -0.2) is 13.8 Å². The van der Waals surface area contributed by atoms with E-state index in [0.717, 1.165) is 48.6 Å². The number of aliphatic hydroxyl groups excluding tert-OH is 1. The van der Waals surface area contributed by atoms with E-state index in [4.69, 9.17) is 4.98 Å². The molecular formula is C29H30F2N4O. The van der Waals surface area contributed by atoms with Crippen LogP contribution in [0.2, 0.25) is 0 Å². The van der Waals surface area contributed by atoms with Gasteiger partial charge in [0.2, 0.25) is 0 Å². The van der Waals surface area contributed by atoms with Gasteiger partial charge in [0.05, 0.1) is 11.7 Å². The molecular weight excluding hydrogens is 458 g/mol. The van der Waals surface area contributed by atoms with Crippen LogP contribution in [0.15, 0.2) is 78.9 Å². The first-order valence-electron chi connectivity index (χ1n) is 12.3. The standard InChI is InChI=1S/C29H30F2N4O/c1-19-26(34-29(33-19)22-5-3-2-4-6-22)28(36)27(35-17-15-32-16-18-35)25(20-7-11-23(30)12-8-20)21-9-13-24(31)14-10-21/h2-14,25,27-28,32,36H,15-18H2,1H3,(H,33,34). The summed E-state index contributed by atoms with van der Waals surface area (Å²) in [5.41, 5.74) is 4.00. The third-order valence-electron chi connectivity index (χ3n) is 6.95. The summed E-state index contributed by atoms with van der Waals surface area (Å²) in [4.78, 5) is 10.4. The molecule has 36 heavy (non-hydrogen) atoms. The quantitative estimate of drug-likeness (QED) is 0.350. The number of nitrogens with one attached hydrogen (secondary N) is 2. The molecule has 0 saturated carbocycles. The van der Waals surface area contributed by atoms with Crippen molar-refractivity contribution in [1.29, 1.82) is 0 Å². The van der Waals surface area contributed by atoms with E-state index in [0.29, 0.717) is 11.5 Å². The molecule has 7 heteroatoms. The minimum absolute atomic E-state index is 0.327. The second kappa shape index (κ2) is 10.7. The largest absolute Gasteiger partial charge is 0.385 e. The highest BCUT2D eigenvalue weighted by atomic mass is 19.1. The molecule has 0 bridgehead atoms. The number of hydrogen-bond donors (Lipinski definition) is 3. The molecule has 3 N–H and O–H groups in total. The monoisotopic (exact) mass is 488 g/mol. The van der Waals surface area contributed by atoms with Crippen molar-refractivity contribution in [3.05, 3.63) is 113 Å². The third-order valence-corrected chi connectivity index (χ3v) is 6.95. The summed E-state index contributed by atoms with van der Waals surface area (Å²) in [6.45, 7) is 4.96. The van der Waals surface area contributed by atoms with E-state index in [2.05, 4.69) is 15.2 Å². The van der Waals surface area contributed by atoms with E-state index >= 15 is 0 Å². The van der Waals surface area contributed by atoms with Gasteiger partial charge in [-0.15, -0.1) is 0 Å². The average molecular weight is 489 g/mol. The van der Waals surface area contributed by atoms with Crippen LogP contribution in [0, 0.1) is 18.6 Å². The molecule has 3 aromatic carbocycles. The lowest BCUT2D eigenvalue weighted by Gasteiger charge is -2.42. The highest BCUT2D eigenvalue weighted by Crippen LogP contribution is 2.39. The molecule has 5 nitrogen and oxygen atoms in total. The lowest BCUT2D eigenvalue weighted by Crippen LogP contribution is -2.52. The van der Waals surface area contributed by atoms with E-state index in [1.54, 1.807) is 24.3 Å². The average Bonchev–Trinajstić information content (AvgIpc) is 3.31. The van der Waals surface area contributed by atoms with E-state index in [1.165, 1.54) is 24.3 Å². The number of aromatic nitrogens is 2. The number of aromatic amines is 1. The molecule has 2 heterocycles. The minimum atomic E-state index is -0.947. The normalized spacial score (nSPS) is 16.2. The second-order valence-electron chi connectivity index (χ2n) is 9.26. The van der Waals surface area contributed by atoms with Crippen LogP contribution in [0.3, 0.4) is 0 Å². The number of nitrogens with zero attached hydrogens (tertiary/aromatic N) is 2. The van der Waals surface area contributed by atoms with Gasteiger partial charge in [-0.05, 0) is 42.3 Å². The number of halogens is 2. The Morgan fingerprint density at radius 2 is 1.39 bits per heavy atom. The van der Waals surface area contributed by atoms with Crippen molar-refractivity contribution in [3.63, 3.8) is 0 Å². The molecule has 0 amide bonds. The van der Waals surface area contributed by atoms with Crippen molar-refractivity contribution >= 4 is 0 Å². The predicted octanol–water partition coefficient (Wildman–Crippen LogP) is 4.80. The van der Waals surface area contributed by atoms with Gasteiger partial charge in [0.25, 0.3) is 0 Å². The van der Waals surface area contributed by atoms with E-state index in [9.17, 15) is 13.9 Å². The fourth-order valence-corrected chi connectivity index (χ4v) is 5.16. The van der Waals surface area contributed by atoms with Crippen molar-refractivity contribution in [2.75, 3.05) is 26.2 Å². The summed E-state index contributed by atoms with van der Waals surface area (Å²) in [5, 5.41) is 15.4. The second-order valence-corrected chi connectivity index (χ2v) is 9.26. The lowest BCUT2D eigenvalue weighted by atomic mass is 9.80. The van der Waals surface area contributed by atoms with Gasteiger partial charge < -0.3 is 15.4 Å². The van der Waals surface area contributed by atoms with Crippen molar-refractivity contribution in [3.8, 4) is 11.4 Å². The first-order chi connectivity index (χ1) is 17.5. The van der Waals surface area contributed by atoms with E-state index in [-0.39, 0.29) is 17.6 Å². The number of benzene rings is 3. The molecule has 5 rings (SSSR count). The highest BCUT2D eigenvalue weighted by molar-refractivity contribution is 5.56. The molecule has 1 aromatic heterocycles. The van der Waals surface area contributed by atoms with Gasteiger partial charge in [-0.2, -0.15) is 0 Å². The topological polar surface area (TPSA) is 64.2 Å². The van der Waals surface area contributed by atoms with Crippen LogP contribution in [0.25, 0.3) is 11.4 Å². The first kappa shape index (κ1) is 24.3. The summed E-state index contributed by atoms with van der Waals surface area (Å²) in [6, 6.07) is 22.1. The molecule has 0 aliphatic carbocycles. The predicted molar refractivity (Wildman–Crippen MR) is 137 cm³/mol. The number of hydrogen-bond acceptors (Lipinski definition) is 4. The minimum Gasteiger partial charge on any atom is -0.385 e. The third kappa shape index (κ3) is 5.09. The molecule has 1 aliphatic rings. The van der Waals surface area contributed by atoms with Gasteiger partial charge in [-0.3, -0.25) is 4.90 Å². The summed E-state index contributed by atoms with van der Waals surface area (Å²) in [7, 11) is 0. The van der Waals surface area contributed by atoms with Gasteiger partial charge >= 0.3 is 0 Å². The number of aliphatic hydroxyl groups is 1. The van der Waals surface area contributed by atoms with Crippen LogP contribution in [0.4, 0.5) is 8.78 Å². The molecule has 2 unspecified atom stereocenters. The number of imidazole rings is 1. The van der Waals surface area contributed by atoms with Gasteiger partial charge in [-0.1, -0.05) is 54.6 Å². The number of rotatable bonds is 7. The molecule has 186 valence electrons. The molecule has 1 saturated heterocycles. The SMILES string of the molecule is Cc1[nH]c(-c2ccccc2)nc1C(O)C(C(c1ccc(F)cc1)c1ccc(F)cc1)N1CCNCC1. The van der Waals surface area contributed by atoms with E-state index in [1.807, 2.05) is 37.3 Å². The van der Waals surface area contributed by atoms with Crippen LogP contribution in [-0.2, 0) is 0 Å². The lowest BCUT2D eigenvalue weighted by molar-refractivity contribution is 0.0295. The Morgan fingerprint density at radius 1 is 0.833 bits per heavy atom. The van der Waals surface area contributed by atoms with Gasteiger partial charge in [0, 0.05) is 43.4 Å². The Morgan fingerprint density at radius 3 is 1.94 bits per heavy atom. The zero-order chi connectivity index (χ0) is 25.1. The maximum Gasteiger partial charge on any atom is 0.137 e. The zero-order valence-corrected chi connectivity index (χ0v) is 20.2. The summed E-state index contributed by atoms with van der Waals surface area (Å²) in [6.07, 6.45) is -0.947. The van der Waals surface area contributed by atoms with Crippen LogP contribution in [0.5, 0.6) is 0 Å². The van der Waals surface area contributed by atoms with Crippen LogP contribution in [0.1, 0.15) is 34.5 Å². The first-order valence-corrected chi connectivity index (χ1v) is 12.3. The Kier molecular flexibility index (Phi) is 7.23. The van der Waals surface area contributed by atoms with E-state index < -0.39 is 12.1 Å². The zero-order valence-electron chi connectivity index (χ0n) is 20.2. The molecule has 1 aliphatic heterocycles. The summed E-state index contributed by atoms with van der Waals surface area (Å²) < 4.78 is 27.7. The number of piperazine rings is 1. The molecule has 0 spiro atoms. The van der Waals surface area contributed by atoms with Crippen molar-refractivity contribution in [2.45, 2.75) is 25.0 Å². The molecule has 0 radical (unpaired) electrons. The van der Waals surface area contributed by atoms with Crippen molar-refractivity contribution in [1.82, 2.24) is 20.2 Å².